The van der Waals surface area contributed by atoms with E-state index in [-0.39, 0.29) is 6.07 Å². The SMILES string of the molecule is ClCOc1ccc2ccccc2c1Cl. The maximum atomic E-state index is 6.14. The van der Waals surface area contributed by atoms with E-state index in [1.807, 2.05) is 36.4 Å². The number of benzene rings is 2. The second-order valence-electron chi connectivity index (χ2n) is 2.85. The van der Waals surface area contributed by atoms with E-state index in [9.17, 15) is 0 Å². The molecule has 0 bridgehead atoms. The lowest BCUT2D eigenvalue weighted by Gasteiger charge is -2.06. The summed E-state index contributed by atoms with van der Waals surface area (Å²) >= 11 is 11.6. The minimum absolute atomic E-state index is 0.109. The Morgan fingerprint density at radius 3 is 2.64 bits per heavy atom. The van der Waals surface area contributed by atoms with Crippen LogP contribution in [0.15, 0.2) is 36.4 Å². The first kappa shape index (κ1) is 9.63. The predicted octanol–water partition coefficient (Wildman–Crippen LogP) is 4.07. The normalized spacial score (nSPS) is 10.4. The molecule has 0 heterocycles. The number of halogens is 2. The van der Waals surface area contributed by atoms with E-state index in [1.165, 1.54) is 0 Å². The van der Waals surface area contributed by atoms with Gasteiger partial charge in [0, 0.05) is 5.39 Å². The molecular formula is C11H8Cl2O. The van der Waals surface area contributed by atoms with Gasteiger partial charge in [-0.05, 0) is 11.5 Å². The van der Waals surface area contributed by atoms with Gasteiger partial charge in [-0.3, -0.25) is 0 Å². The maximum absolute atomic E-state index is 6.14. The van der Waals surface area contributed by atoms with Crippen LogP contribution in [0.4, 0.5) is 0 Å². The zero-order valence-corrected chi connectivity index (χ0v) is 8.85. The minimum atomic E-state index is 0.109. The zero-order chi connectivity index (χ0) is 9.97. The van der Waals surface area contributed by atoms with Crippen LogP contribution in [-0.2, 0) is 0 Å². The minimum Gasteiger partial charge on any atom is -0.476 e. The number of fused-ring (bicyclic) bond motifs is 1. The molecule has 0 N–H and O–H groups in total. The largest absolute Gasteiger partial charge is 0.476 e. The lowest BCUT2D eigenvalue weighted by Crippen LogP contribution is -1.90. The van der Waals surface area contributed by atoms with E-state index in [1.54, 1.807) is 0 Å². The molecule has 2 aromatic rings. The molecule has 0 radical (unpaired) electrons. The fourth-order valence-corrected chi connectivity index (χ4v) is 1.79. The van der Waals surface area contributed by atoms with Gasteiger partial charge in [-0.25, -0.2) is 0 Å². The molecular weight excluding hydrogens is 219 g/mol. The fourth-order valence-electron chi connectivity index (χ4n) is 1.38. The molecule has 0 saturated heterocycles. The Kier molecular flexibility index (Phi) is 2.80. The van der Waals surface area contributed by atoms with Crippen molar-refractivity contribution in [3.8, 4) is 5.75 Å². The molecule has 0 spiro atoms. The van der Waals surface area contributed by atoms with Crippen LogP contribution < -0.4 is 4.74 Å². The van der Waals surface area contributed by atoms with Gasteiger partial charge in [0.05, 0.1) is 5.02 Å². The lowest BCUT2D eigenvalue weighted by atomic mass is 10.1. The predicted molar refractivity (Wildman–Crippen MR) is 60.3 cm³/mol. The summed E-state index contributed by atoms with van der Waals surface area (Å²) in [6.45, 7) is 0. The van der Waals surface area contributed by atoms with Crippen molar-refractivity contribution in [2.24, 2.45) is 0 Å². The van der Waals surface area contributed by atoms with Crippen molar-refractivity contribution >= 4 is 34.0 Å². The molecule has 0 atom stereocenters. The van der Waals surface area contributed by atoms with Crippen LogP contribution in [0.5, 0.6) is 5.75 Å². The monoisotopic (exact) mass is 226 g/mol. The molecule has 0 aliphatic heterocycles. The summed E-state index contributed by atoms with van der Waals surface area (Å²) in [5.41, 5.74) is 0. The number of ether oxygens (including phenoxy) is 1. The van der Waals surface area contributed by atoms with Crippen LogP contribution in [0.25, 0.3) is 10.8 Å². The van der Waals surface area contributed by atoms with Crippen LogP contribution in [0.1, 0.15) is 0 Å². The lowest BCUT2D eigenvalue weighted by molar-refractivity contribution is 0.389. The van der Waals surface area contributed by atoms with Crippen molar-refractivity contribution in [1.82, 2.24) is 0 Å². The van der Waals surface area contributed by atoms with Crippen LogP contribution in [0, 0.1) is 0 Å². The summed E-state index contributed by atoms with van der Waals surface area (Å²) in [5.74, 6) is 0.625. The average molecular weight is 227 g/mol. The molecule has 3 heteroatoms. The van der Waals surface area contributed by atoms with Gasteiger partial charge < -0.3 is 4.74 Å². The molecule has 0 fully saturated rings. The molecule has 14 heavy (non-hydrogen) atoms. The van der Waals surface area contributed by atoms with E-state index < -0.39 is 0 Å². The Hall–Kier alpha value is -0.920. The maximum Gasteiger partial charge on any atom is 0.162 e. The number of alkyl halides is 1. The number of hydrogen-bond donors (Lipinski definition) is 0. The van der Waals surface area contributed by atoms with Crippen molar-refractivity contribution in [2.45, 2.75) is 0 Å². The van der Waals surface area contributed by atoms with Gasteiger partial charge in [-0.1, -0.05) is 53.5 Å². The smallest absolute Gasteiger partial charge is 0.162 e. The number of hydrogen-bond acceptors (Lipinski definition) is 1. The summed E-state index contributed by atoms with van der Waals surface area (Å²) in [6.07, 6.45) is 0. The number of rotatable bonds is 2. The standard InChI is InChI=1S/C11H8Cl2O/c12-7-14-10-6-5-8-3-1-2-4-9(8)11(10)13/h1-6H,7H2. The van der Waals surface area contributed by atoms with Crippen molar-refractivity contribution in [3.63, 3.8) is 0 Å². The van der Waals surface area contributed by atoms with Crippen molar-refractivity contribution in [3.05, 3.63) is 41.4 Å². The van der Waals surface area contributed by atoms with E-state index in [0.29, 0.717) is 10.8 Å². The first-order valence-electron chi connectivity index (χ1n) is 4.19. The molecule has 1 nitrogen and oxygen atoms in total. The van der Waals surface area contributed by atoms with E-state index in [0.717, 1.165) is 10.8 Å². The van der Waals surface area contributed by atoms with Crippen LogP contribution in [-0.4, -0.2) is 6.07 Å². The first-order valence-corrected chi connectivity index (χ1v) is 5.10. The van der Waals surface area contributed by atoms with Gasteiger partial charge in [-0.2, -0.15) is 0 Å². The van der Waals surface area contributed by atoms with Crippen molar-refractivity contribution < 1.29 is 4.74 Å². The van der Waals surface area contributed by atoms with Gasteiger partial charge in [0.1, 0.15) is 5.75 Å². The van der Waals surface area contributed by atoms with E-state index in [4.69, 9.17) is 27.9 Å². The summed E-state index contributed by atoms with van der Waals surface area (Å²) in [4.78, 5) is 0. The van der Waals surface area contributed by atoms with Gasteiger partial charge >= 0.3 is 0 Å². The summed E-state index contributed by atoms with van der Waals surface area (Å²) in [6, 6.07) is 11.8. The molecule has 0 saturated carbocycles. The van der Waals surface area contributed by atoms with Crippen LogP contribution in [0.3, 0.4) is 0 Å². The van der Waals surface area contributed by atoms with Crippen LogP contribution in [0.2, 0.25) is 5.02 Å². The van der Waals surface area contributed by atoms with Crippen molar-refractivity contribution in [2.75, 3.05) is 6.07 Å². The highest BCUT2D eigenvalue weighted by atomic mass is 35.5. The Bertz CT molecular complexity index is 454. The molecule has 2 rings (SSSR count). The summed E-state index contributed by atoms with van der Waals surface area (Å²) in [7, 11) is 0. The third-order valence-corrected chi connectivity index (χ3v) is 2.54. The van der Waals surface area contributed by atoms with E-state index in [2.05, 4.69) is 0 Å². The third-order valence-electron chi connectivity index (χ3n) is 2.04. The van der Waals surface area contributed by atoms with Gasteiger partial charge in [0.15, 0.2) is 6.07 Å². The summed E-state index contributed by atoms with van der Waals surface area (Å²) in [5, 5.41) is 2.69. The van der Waals surface area contributed by atoms with Crippen LogP contribution >= 0.6 is 23.2 Å². The highest BCUT2D eigenvalue weighted by Gasteiger charge is 2.04. The van der Waals surface area contributed by atoms with Gasteiger partial charge in [-0.15, -0.1) is 0 Å². The van der Waals surface area contributed by atoms with Gasteiger partial charge in [0.2, 0.25) is 0 Å². The quantitative estimate of drug-likeness (QED) is 0.702. The Labute approximate surface area is 92.2 Å². The molecule has 0 aromatic heterocycles. The highest BCUT2D eigenvalue weighted by Crippen LogP contribution is 2.32. The zero-order valence-electron chi connectivity index (χ0n) is 7.34. The Morgan fingerprint density at radius 2 is 1.86 bits per heavy atom. The third kappa shape index (κ3) is 1.66. The second-order valence-corrected chi connectivity index (χ2v) is 3.45. The Morgan fingerprint density at radius 1 is 1.07 bits per heavy atom. The molecule has 2 aromatic carbocycles. The Balaban J connectivity index is 2.63. The van der Waals surface area contributed by atoms with Crippen molar-refractivity contribution in [1.29, 1.82) is 0 Å². The fraction of sp³-hybridized carbons (Fsp3) is 0.0909. The molecule has 72 valence electrons. The van der Waals surface area contributed by atoms with E-state index >= 15 is 0 Å². The molecule has 0 unspecified atom stereocenters. The second kappa shape index (κ2) is 4.07. The average Bonchev–Trinajstić information content (AvgIpc) is 2.23. The highest BCUT2D eigenvalue weighted by molar-refractivity contribution is 6.37. The molecule has 0 aliphatic carbocycles. The van der Waals surface area contributed by atoms with Gasteiger partial charge in [0.25, 0.3) is 0 Å². The molecule has 0 amide bonds. The molecule has 0 aliphatic rings. The first-order chi connectivity index (χ1) is 6.83. The topological polar surface area (TPSA) is 9.23 Å². The summed E-state index contributed by atoms with van der Waals surface area (Å²) < 4.78 is 5.18.